The first kappa shape index (κ1) is 18.2. The predicted molar refractivity (Wildman–Crippen MR) is 97.4 cm³/mol. The fourth-order valence-electron chi connectivity index (χ4n) is 2.56. The van der Waals surface area contributed by atoms with Crippen LogP contribution in [0.25, 0.3) is 11.0 Å². The van der Waals surface area contributed by atoms with Crippen molar-refractivity contribution in [2.75, 3.05) is 18.0 Å². The van der Waals surface area contributed by atoms with Gasteiger partial charge in [0.2, 0.25) is 0 Å². The van der Waals surface area contributed by atoms with Crippen molar-refractivity contribution in [3.8, 4) is 0 Å². The largest absolute Gasteiger partial charge is 0.368 e. The van der Waals surface area contributed by atoms with Gasteiger partial charge in [0.05, 0.1) is 11.2 Å². The summed E-state index contributed by atoms with van der Waals surface area (Å²) in [5.74, 6) is 0. The van der Waals surface area contributed by atoms with Crippen LogP contribution in [0.4, 0.5) is 5.69 Å². The molecule has 2 aromatic heterocycles. The second kappa shape index (κ2) is 9.26. The minimum Gasteiger partial charge on any atom is -0.368 e. The highest BCUT2D eigenvalue weighted by Gasteiger charge is 2.19. The topological polar surface area (TPSA) is 47.1 Å². The Bertz CT molecular complexity index is 565. The predicted octanol–water partition coefficient (Wildman–Crippen LogP) is 3.72. The number of nitrogens with two attached hydrogens (primary N) is 1. The van der Waals surface area contributed by atoms with Crippen molar-refractivity contribution in [1.82, 2.24) is 9.55 Å². The van der Waals surface area contributed by atoms with E-state index in [1.165, 1.54) is 11.2 Å². The van der Waals surface area contributed by atoms with Gasteiger partial charge in [-0.1, -0.05) is 19.9 Å². The van der Waals surface area contributed by atoms with Crippen LogP contribution in [0.2, 0.25) is 0 Å². The summed E-state index contributed by atoms with van der Waals surface area (Å²) in [5.41, 5.74) is 9.49. The van der Waals surface area contributed by atoms with Crippen molar-refractivity contribution in [2.45, 2.75) is 39.7 Å². The van der Waals surface area contributed by atoms with E-state index >= 15 is 0 Å². The fraction of sp³-hybridized carbons (Fsp3) is 0.500. The molecule has 0 aromatic carbocycles. The fourth-order valence-corrected chi connectivity index (χ4v) is 2.56. The molecule has 2 aromatic rings. The number of piperidine rings is 1. The number of hydrogen-bond acceptors (Lipinski definition) is 3. The first-order chi connectivity index (χ1) is 10.7. The molecule has 122 valence electrons. The third-order valence-corrected chi connectivity index (χ3v) is 3.61. The average Bonchev–Trinajstić information content (AvgIpc) is 2.89. The summed E-state index contributed by atoms with van der Waals surface area (Å²) in [6, 6.07) is 4.47. The highest BCUT2D eigenvalue weighted by molar-refractivity contribution is 5.89. The number of fused-ring (bicyclic) bond motifs is 1. The van der Waals surface area contributed by atoms with Crippen molar-refractivity contribution in [3.63, 3.8) is 0 Å². The molecular weight excluding hydrogens is 272 g/mol. The van der Waals surface area contributed by atoms with Crippen molar-refractivity contribution < 1.29 is 0 Å². The molecule has 4 nitrogen and oxygen atoms in total. The lowest BCUT2D eigenvalue weighted by atomic mass is 10.1. The van der Waals surface area contributed by atoms with Gasteiger partial charge in [0.1, 0.15) is 5.52 Å². The van der Waals surface area contributed by atoms with Crippen LogP contribution < -0.4 is 10.6 Å². The summed E-state index contributed by atoms with van der Waals surface area (Å²) in [6.07, 6.45) is 7.93. The van der Waals surface area contributed by atoms with Gasteiger partial charge in [0.25, 0.3) is 0 Å². The van der Waals surface area contributed by atoms with Gasteiger partial charge < -0.3 is 15.2 Å². The number of anilines is 1. The number of aromatic nitrogens is 2. The zero-order chi connectivity index (χ0) is 16.5. The van der Waals surface area contributed by atoms with Gasteiger partial charge in [-0.05, 0) is 31.9 Å². The summed E-state index contributed by atoms with van der Waals surface area (Å²) < 4.78 is 2.15. The van der Waals surface area contributed by atoms with Gasteiger partial charge in [0.15, 0.2) is 0 Å². The Morgan fingerprint density at radius 1 is 1.32 bits per heavy atom. The molecule has 0 spiro atoms. The first-order valence-electron chi connectivity index (χ1n) is 8.15. The van der Waals surface area contributed by atoms with Gasteiger partial charge in [0, 0.05) is 38.6 Å². The second-order valence-electron chi connectivity index (χ2n) is 5.23. The Balaban J connectivity index is 0.000000435. The molecule has 0 saturated carbocycles. The Kier molecular flexibility index (Phi) is 7.67. The Morgan fingerprint density at radius 3 is 2.50 bits per heavy atom. The van der Waals surface area contributed by atoms with Crippen LogP contribution in [0.3, 0.4) is 0 Å². The Labute approximate surface area is 134 Å². The van der Waals surface area contributed by atoms with E-state index in [1.54, 1.807) is 6.08 Å². The molecule has 0 radical (unpaired) electrons. The van der Waals surface area contributed by atoms with Crippen molar-refractivity contribution in [3.05, 3.63) is 37.2 Å². The van der Waals surface area contributed by atoms with Crippen LogP contribution in [-0.2, 0) is 7.05 Å². The highest BCUT2D eigenvalue weighted by atomic mass is 15.2. The van der Waals surface area contributed by atoms with E-state index in [-0.39, 0.29) is 0 Å². The van der Waals surface area contributed by atoms with E-state index in [9.17, 15) is 0 Å². The minimum atomic E-state index is 0.370. The number of allylic oxidation sites excluding steroid dienone is 1. The smallest absolute Gasteiger partial charge is 0.111 e. The van der Waals surface area contributed by atoms with E-state index in [0.717, 1.165) is 31.4 Å². The summed E-state index contributed by atoms with van der Waals surface area (Å²) in [4.78, 5) is 6.90. The lowest BCUT2D eigenvalue weighted by Gasteiger charge is -2.31. The van der Waals surface area contributed by atoms with Crippen LogP contribution in [0.5, 0.6) is 0 Å². The Hall–Kier alpha value is -1.81. The van der Waals surface area contributed by atoms with Crippen molar-refractivity contribution >= 4 is 16.7 Å². The third kappa shape index (κ3) is 4.34. The number of rotatable bonds is 1. The van der Waals surface area contributed by atoms with Crippen LogP contribution in [0.1, 0.15) is 33.6 Å². The van der Waals surface area contributed by atoms with Crippen molar-refractivity contribution in [1.29, 1.82) is 0 Å². The number of hydrogen-bond donors (Lipinski definition) is 1. The highest BCUT2D eigenvalue weighted by Crippen LogP contribution is 2.28. The molecule has 0 amide bonds. The summed E-state index contributed by atoms with van der Waals surface area (Å²) >= 11 is 0. The zero-order valence-corrected chi connectivity index (χ0v) is 14.4. The third-order valence-electron chi connectivity index (χ3n) is 3.61. The van der Waals surface area contributed by atoms with Gasteiger partial charge in [-0.2, -0.15) is 0 Å². The molecule has 3 rings (SSSR count). The normalized spacial score (nSPS) is 14.7. The van der Waals surface area contributed by atoms with Gasteiger partial charge in [-0.25, -0.2) is 0 Å². The van der Waals surface area contributed by atoms with E-state index in [1.807, 2.05) is 33.0 Å². The number of nitrogens with zero attached hydrogens (tertiary/aromatic N) is 3. The molecule has 0 unspecified atom stereocenters. The molecular formula is C18H30N4. The summed E-state index contributed by atoms with van der Waals surface area (Å²) in [6.45, 7) is 11.3. The molecule has 0 atom stereocenters. The maximum atomic E-state index is 5.95. The lowest BCUT2D eigenvalue weighted by Crippen LogP contribution is -2.39. The van der Waals surface area contributed by atoms with Crippen LogP contribution in [-0.4, -0.2) is 28.7 Å². The summed E-state index contributed by atoms with van der Waals surface area (Å²) in [7, 11) is 2.07. The van der Waals surface area contributed by atoms with Gasteiger partial charge in [-0.15, -0.1) is 6.58 Å². The zero-order valence-electron chi connectivity index (χ0n) is 14.4. The quantitative estimate of drug-likeness (QED) is 0.817. The van der Waals surface area contributed by atoms with Crippen LogP contribution >= 0.6 is 0 Å². The standard InChI is InChI=1S/C13H18N4.C3H6.C2H6/c1-16-9-12(13-11(16)3-2-6-15-13)17-7-4-10(14)5-8-17;1-3-2;1-2/h2-3,6,9-10H,4-5,7-8,14H2,1H3;3H,1H2,2H3;1-2H3. The van der Waals surface area contributed by atoms with Crippen LogP contribution in [0.15, 0.2) is 37.2 Å². The molecule has 1 aliphatic rings. The number of pyridine rings is 1. The monoisotopic (exact) mass is 302 g/mol. The first-order valence-corrected chi connectivity index (χ1v) is 8.15. The minimum absolute atomic E-state index is 0.370. The molecule has 0 aliphatic carbocycles. The summed E-state index contributed by atoms with van der Waals surface area (Å²) in [5, 5.41) is 0. The molecule has 22 heavy (non-hydrogen) atoms. The van der Waals surface area contributed by atoms with E-state index in [4.69, 9.17) is 5.73 Å². The SMILES string of the molecule is C=CC.CC.Cn1cc(N2CCC(N)CC2)c2ncccc21. The average molecular weight is 302 g/mol. The van der Waals surface area contributed by atoms with Crippen LogP contribution in [0, 0.1) is 0 Å². The van der Waals surface area contributed by atoms with Gasteiger partial charge in [-0.3, -0.25) is 4.98 Å². The number of aryl methyl sites for hydroxylation is 1. The molecule has 4 heteroatoms. The second-order valence-corrected chi connectivity index (χ2v) is 5.23. The molecule has 1 fully saturated rings. The van der Waals surface area contributed by atoms with Crippen molar-refractivity contribution in [2.24, 2.45) is 12.8 Å². The Morgan fingerprint density at radius 2 is 1.91 bits per heavy atom. The van der Waals surface area contributed by atoms with E-state index in [2.05, 4.69) is 40.3 Å². The molecule has 0 bridgehead atoms. The maximum absolute atomic E-state index is 5.95. The molecule has 3 heterocycles. The van der Waals surface area contributed by atoms with E-state index < -0.39 is 0 Å². The molecule has 2 N–H and O–H groups in total. The van der Waals surface area contributed by atoms with E-state index in [0.29, 0.717) is 6.04 Å². The molecule has 1 aliphatic heterocycles. The lowest BCUT2D eigenvalue weighted by molar-refractivity contribution is 0.501. The van der Waals surface area contributed by atoms with Gasteiger partial charge >= 0.3 is 0 Å². The molecule has 1 saturated heterocycles. The maximum Gasteiger partial charge on any atom is 0.111 e.